The number of aromatic nitrogens is 3. The van der Waals surface area contributed by atoms with Crippen LogP contribution in [0.4, 0.5) is 0 Å². The van der Waals surface area contributed by atoms with Crippen LogP contribution in [0.5, 0.6) is 5.75 Å². The molecule has 0 radical (unpaired) electrons. The van der Waals surface area contributed by atoms with E-state index in [9.17, 15) is 0 Å². The van der Waals surface area contributed by atoms with Gasteiger partial charge in [0.1, 0.15) is 23.9 Å². The molecule has 0 amide bonds. The zero-order valence-corrected chi connectivity index (χ0v) is 28.9. The number of hydrogen-bond donors (Lipinski definition) is 1. The fourth-order valence-electron chi connectivity index (χ4n) is 5.22. The van der Waals surface area contributed by atoms with Crippen molar-refractivity contribution >= 4 is 22.6 Å². The number of halogens is 1. The van der Waals surface area contributed by atoms with Crippen molar-refractivity contribution in [2.24, 2.45) is 5.73 Å². The van der Waals surface area contributed by atoms with Gasteiger partial charge in [0.25, 0.3) is 0 Å². The Labute approximate surface area is 282 Å². The van der Waals surface area contributed by atoms with E-state index >= 15 is 0 Å². The smallest absolute Gasteiger partial charge is 0.141 e. The zero-order valence-electron chi connectivity index (χ0n) is 28.1. The van der Waals surface area contributed by atoms with Crippen molar-refractivity contribution in [1.29, 1.82) is 0 Å². The largest absolute Gasteiger partial charge is 0.490 e. The molecule has 12 heteroatoms. The van der Waals surface area contributed by atoms with Gasteiger partial charge in [0, 0.05) is 31.2 Å². The van der Waals surface area contributed by atoms with Crippen LogP contribution < -0.4 is 10.5 Å². The van der Waals surface area contributed by atoms with E-state index in [1.165, 1.54) is 0 Å². The summed E-state index contributed by atoms with van der Waals surface area (Å²) in [4.78, 5) is 5.02. The van der Waals surface area contributed by atoms with Gasteiger partial charge in [-0.05, 0) is 69.5 Å². The Morgan fingerprint density at radius 3 is 2.04 bits per heavy atom. The van der Waals surface area contributed by atoms with Gasteiger partial charge >= 0.3 is 0 Å². The van der Waals surface area contributed by atoms with Gasteiger partial charge in [0.15, 0.2) is 0 Å². The minimum atomic E-state index is -0.0115. The van der Waals surface area contributed by atoms with E-state index in [0.717, 1.165) is 57.8 Å². The SMILES string of the molecule is CCOCCOCCOCCOCCOCCOc1ccc(CCc2nc3cc(-c4c(C)noc4C)ccc3n2C[C@H](C)N)cc1Cl. The van der Waals surface area contributed by atoms with Crippen LogP contribution >= 0.6 is 11.6 Å². The lowest BCUT2D eigenvalue weighted by molar-refractivity contribution is -0.0119. The minimum Gasteiger partial charge on any atom is -0.490 e. The normalized spacial score (nSPS) is 12.3. The van der Waals surface area contributed by atoms with E-state index in [0.29, 0.717) is 90.0 Å². The molecule has 2 heterocycles. The van der Waals surface area contributed by atoms with Crippen LogP contribution in [0.3, 0.4) is 0 Å². The first kappa shape index (κ1) is 36.8. The molecule has 0 aliphatic heterocycles. The molecule has 0 fully saturated rings. The minimum absolute atomic E-state index is 0.0115. The van der Waals surface area contributed by atoms with Crippen molar-refractivity contribution in [3.63, 3.8) is 0 Å². The predicted octanol–water partition coefficient (Wildman–Crippen LogP) is 5.58. The van der Waals surface area contributed by atoms with Crippen LogP contribution in [0, 0.1) is 13.8 Å². The van der Waals surface area contributed by atoms with Crippen molar-refractivity contribution in [3.05, 3.63) is 64.3 Å². The van der Waals surface area contributed by atoms with Crippen LogP contribution in [0.25, 0.3) is 22.2 Å². The van der Waals surface area contributed by atoms with Crippen molar-refractivity contribution < 1.29 is 32.9 Å². The van der Waals surface area contributed by atoms with Crippen molar-refractivity contribution in [1.82, 2.24) is 14.7 Å². The third-order valence-electron chi connectivity index (χ3n) is 7.43. The maximum atomic E-state index is 6.58. The number of rotatable bonds is 23. The summed E-state index contributed by atoms with van der Waals surface area (Å²) in [7, 11) is 0. The number of benzene rings is 2. The fourth-order valence-corrected chi connectivity index (χ4v) is 5.48. The van der Waals surface area contributed by atoms with Gasteiger partial charge < -0.3 is 43.2 Å². The summed E-state index contributed by atoms with van der Waals surface area (Å²) in [6, 6.07) is 12.2. The molecule has 4 rings (SSSR count). The molecule has 0 saturated carbocycles. The second-order valence-electron chi connectivity index (χ2n) is 11.3. The average Bonchev–Trinajstić information content (AvgIpc) is 3.57. The Morgan fingerprint density at radius 2 is 1.47 bits per heavy atom. The van der Waals surface area contributed by atoms with E-state index in [4.69, 9.17) is 55.3 Å². The molecule has 2 aromatic carbocycles. The van der Waals surface area contributed by atoms with Gasteiger partial charge in [-0.25, -0.2) is 4.98 Å². The summed E-state index contributed by atoms with van der Waals surface area (Å²) in [6.07, 6.45) is 1.51. The Balaban J connectivity index is 1.17. The molecule has 0 spiro atoms. The monoisotopic (exact) mass is 672 g/mol. The number of nitrogens with two attached hydrogens (primary N) is 1. The van der Waals surface area contributed by atoms with Crippen LogP contribution in [-0.2, 0) is 43.1 Å². The average molecular weight is 673 g/mol. The Kier molecular flexibility index (Phi) is 15.4. The number of nitrogens with zero attached hydrogens (tertiary/aromatic N) is 3. The van der Waals surface area contributed by atoms with Gasteiger partial charge in [-0.1, -0.05) is 28.9 Å². The summed E-state index contributed by atoms with van der Waals surface area (Å²) in [6.45, 7) is 14.3. The molecular weight excluding hydrogens is 624 g/mol. The summed E-state index contributed by atoms with van der Waals surface area (Å²) >= 11 is 6.58. The molecule has 0 unspecified atom stereocenters. The molecular formula is C35H49ClN4O7. The second-order valence-corrected chi connectivity index (χ2v) is 11.7. The van der Waals surface area contributed by atoms with E-state index in [-0.39, 0.29) is 6.04 Å². The summed E-state index contributed by atoms with van der Waals surface area (Å²) in [5.41, 5.74) is 12.2. The Bertz CT molecular complexity index is 1490. The molecule has 258 valence electrons. The first-order chi connectivity index (χ1) is 22.9. The molecule has 0 aliphatic rings. The maximum absolute atomic E-state index is 6.58. The van der Waals surface area contributed by atoms with Crippen molar-refractivity contribution in [3.8, 4) is 16.9 Å². The van der Waals surface area contributed by atoms with E-state index in [1.807, 2.05) is 45.9 Å². The van der Waals surface area contributed by atoms with Gasteiger partial charge in [-0.3, -0.25) is 0 Å². The van der Waals surface area contributed by atoms with E-state index < -0.39 is 0 Å². The molecule has 0 bridgehead atoms. The molecule has 1 atom stereocenters. The molecule has 47 heavy (non-hydrogen) atoms. The molecule has 0 aliphatic carbocycles. The van der Waals surface area contributed by atoms with E-state index in [1.54, 1.807) is 0 Å². The van der Waals surface area contributed by atoms with Crippen LogP contribution in [0.15, 0.2) is 40.9 Å². The third-order valence-corrected chi connectivity index (χ3v) is 7.73. The highest BCUT2D eigenvalue weighted by molar-refractivity contribution is 6.32. The van der Waals surface area contributed by atoms with Crippen molar-refractivity contribution in [2.75, 3.05) is 72.7 Å². The first-order valence-corrected chi connectivity index (χ1v) is 16.7. The molecule has 4 aromatic rings. The zero-order chi connectivity index (χ0) is 33.4. The molecule has 2 aromatic heterocycles. The number of fused-ring (bicyclic) bond motifs is 1. The summed E-state index contributed by atoms with van der Waals surface area (Å²) in [5, 5.41) is 4.68. The standard InChI is InChI=1S/C35H49ClN4O7/c1-5-41-12-13-42-14-15-43-16-17-44-18-19-45-20-21-46-33-10-6-28(22-30(33)36)7-11-34-38-31-23-29(35-26(3)39-47-27(35)4)8-9-32(31)40(34)24-25(2)37/h6,8-10,22-23,25H,5,7,11-21,24,37H2,1-4H3/t25-/m0/s1. The van der Waals surface area contributed by atoms with Gasteiger partial charge in [0.2, 0.25) is 0 Å². The highest BCUT2D eigenvalue weighted by Gasteiger charge is 2.17. The van der Waals surface area contributed by atoms with Crippen LogP contribution in [-0.4, -0.2) is 93.4 Å². The quantitative estimate of drug-likeness (QED) is 0.0999. The van der Waals surface area contributed by atoms with Gasteiger partial charge in [0.05, 0.1) is 81.2 Å². The van der Waals surface area contributed by atoms with Crippen LogP contribution in [0.2, 0.25) is 5.02 Å². The molecule has 2 N–H and O–H groups in total. The fraction of sp³-hybridized carbons (Fsp3) is 0.543. The summed E-state index contributed by atoms with van der Waals surface area (Å²) < 4.78 is 40.7. The number of ether oxygens (including phenoxy) is 6. The van der Waals surface area contributed by atoms with Gasteiger partial charge in [-0.15, -0.1) is 0 Å². The predicted molar refractivity (Wildman–Crippen MR) is 182 cm³/mol. The lowest BCUT2D eigenvalue weighted by Gasteiger charge is -2.13. The lowest BCUT2D eigenvalue weighted by atomic mass is 10.0. The maximum Gasteiger partial charge on any atom is 0.141 e. The highest BCUT2D eigenvalue weighted by atomic mass is 35.5. The number of aryl methyl sites for hydroxylation is 4. The first-order valence-electron chi connectivity index (χ1n) is 16.3. The highest BCUT2D eigenvalue weighted by Crippen LogP contribution is 2.31. The molecule has 11 nitrogen and oxygen atoms in total. The topological polar surface area (TPSA) is 125 Å². The Morgan fingerprint density at radius 1 is 0.830 bits per heavy atom. The van der Waals surface area contributed by atoms with Crippen LogP contribution in [0.1, 0.15) is 36.7 Å². The summed E-state index contributed by atoms with van der Waals surface area (Å²) in [5.74, 6) is 2.41. The number of hydrogen-bond acceptors (Lipinski definition) is 10. The van der Waals surface area contributed by atoms with Crippen molar-refractivity contribution in [2.45, 2.75) is 53.1 Å². The van der Waals surface area contributed by atoms with E-state index in [2.05, 4.69) is 27.9 Å². The molecule has 0 saturated heterocycles. The Hall–Kier alpha value is -3.03. The second kappa shape index (κ2) is 19.7. The third kappa shape index (κ3) is 11.6. The lowest BCUT2D eigenvalue weighted by Crippen LogP contribution is -2.23. The van der Waals surface area contributed by atoms with Gasteiger partial charge in [-0.2, -0.15) is 0 Å². The number of imidazole rings is 1.